The van der Waals surface area contributed by atoms with Gasteiger partial charge in [0.25, 0.3) is 0 Å². The molecule has 3 rings (SSSR count). The highest BCUT2D eigenvalue weighted by atomic mass is 79.9. The summed E-state index contributed by atoms with van der Waals surface area (Å²) < 4.78 is 14.2. The molecule has 0 atom stereocenters. The van der Waals surface area contributed by atoms with Gasteiger partial charge in [-0.15, -0.1) is 0 Å². The summed E-state index contributed by atoms with van der Waals surface area (Å²) in [4.78, 5) is 4.61. The molecule has 1 aliphatic rings. The van der Waals surface area contributed by atoms with Crippen molar-refractivity contribution in [2.75, 3.05) is 13.2 Å². The Hall–Kier alpha value is -1.49. The minimum atomic E-state index is 0.595. The lowest BCUT2D eigenvalue weighted by Crippen LogP contribution is -2.15. The van der Waals surface area contributed by atoms with E-state index >= 15 is 0 Å². The normalized spacial score (nSPS) is 13.7. The Labute approximate surface area is 120 Å². The minimum Gasteiger partial charge on any atom is -0.486 e. The predicted molar refractivity (Wildman–Crippen MR) is 76.8 cm³/mol. The number of ether oxygens (including phenoxy) is 2. The molecule has 100 valence electrons. The van der Waals surface area contributed by atoms with Crippen LogP contribution in [0.1, 0.15) is 11.4 Å². The first kappa shape index (κ1) is 12.5. The number of nitrogens with zero attached hydrogens (tertiary/aromatic N) is 2. The maximum atomic E-state index is 5.64. The summed E-state index contributed by atoms with van der Waals surface area (Å²) in [6.45, 7) is 5.25. The standard InChI is InChI=1S/C14H15BrN2O2/c1-8-6-11-12(19-5-4-18-11)7-10(8)13-14(15)17(3)9(2)16-13/h6-7H,4-5H2,1-3H3. The van der Waals surface area contributed by atoms with Crippen molar-refractivity contribution in [2.45, 2.75) is 13.8 Å². The summed E-state index contributed by atoms with van der Waals surface area (Å²) in [5.41, 5.74) is 3.14. The van der Waals surface area contributed by atoms with Crippen LogP contribution in [0.15, 0.2) is 16.7 Å². The van der Waals surface area contributed by atoms with Gasteiger partial charge in [-0.1, -0.05) is 0 Å². The third kappa shape index (κ3) is 2.02. The van der Waals surface area contributed by atoms with Gasteiger partial charge in [0, 0.05) is 12.6 Å². The number of aromatic nitrogens is 2. The Kier molecular flexibility index (Phi) is 3.01. The number of rotatable bonds is 1. The Morgan fingerprint density at radius 3 is 2.37 bits per heavy atom. The molecule has 0 bridgehead atoms. The average molecular weight is 323 g/mol. The van der Waals surface area contributed by atoms with E-state index in [0.29, 0.717) is 13.2 Å². The molecule has 1 aliphatic heterocycles. The molecule has 0 amide bonds. The maximum absolute atomic E-state index is 5.64. The van der Waals surface area contributed by atoms with Crippen LogP contribution >= 0.6 is 15.9 Å². The molecule has 5 heteroatoms. The number of hydrogen-bond donors (Lipinski definition) is 0. The van der Waals surface area contributed by atoms with E-state index in [1.807, 2.05) is 30.7 Å². The van der Waals surface area contributed by atoms with Crippen LogP contribution in [0.4, 0.5) is 0 Å². The second-order valence-corrected chi connectivity index (χ2v) is 5.42. The van der Waals surface area contributed by atoms with Gasteiger partial charge in [0.15, 0.2) is 11.5 Å². The van der Waals surface area contributed by atoms with E-state index in [4.69, 9.17) is 9.47 Å². The third-order valence-electron chi connectivity index (χ3n) is 3.39. The Morgan fingerprint density at radius 2 is 1.79 bits per heavy atom. The maximum Gasteiger partial charge on any atom is 0.162 e. The van der Waals surface area contributed by atoms with Crippen LogP contribution < -0.4 is 9.47 Å². The number of fused-ring (bicyclic) bond motifs is 1. The van der Waals surface area contributed by atoms with Gasteiger partial charge in [-0.05, 0) is 47.5 Å². The monoisotopic (exact) mass is 322 g/mol. The number of benzene rings is 1. The van der Waals surface area contributed by atoms with E-state index in [9.17, 15) is 0 Å². The summed E-state index contributed by atoms with van der Waals surface area (Å²) in [6, 6.07) is 4.02. The second kappa shape index (κ2) is 4.56. The van der Waals surface area contributed by atoms with Gasteiger partial charge in [0.1, 0.15) is 29.3 Å². The minimum absolute atomic E-state index is 0.595. The first-order valence-electron chi connectivity index (χ1n) is 6.17. The smallest absolute Gasteiger partial charge is 0.162 e. The van der Waals surface area contributed by atoms with E-state index in [1.54, 1.807) is 0 Å². The van der Waals surface area contributed by atoms with Gasteiger partial charge in [-0.25, -0.2) is 4.98 Å². The van der Waals surface area contributed by atoms with Gasteiger partial charge in [-0.2, -0.15) is 0 Å². The molecular weight excluding hydrogens is 308 g/mol. The molecule has 1 aromatic carbocycles. The van der Waals surface area contributed by atoms with Crippen molar-refractivity contribution in [1.29, 1.82) is 0 Å². The zero-order valence-electron chi connectivity index (χ0n) is 11.2. The zero-order chi connectivity index (χ0) is 13.6. The number of imidazole rings is 1. The lowest BCUT2D eigenvalue weighted by molar-refractivity contribution is 0.171. The van der Waals surface area contributed by atoms with E-state index in [1.165, 1.54) is 0 Å². The molecule has 19 heavy (non-hydrogen) atoms. The van der Waals surface area contributed by atoms with Crippen LogP contribution in [0.5, 0.6) is 11.5 Å². The van der Waals surface area contributed by atoms with Crippen LogP contribution in [0.2, 0.25) is 0 Å². The first-order valence-corrected chi connectivity index (χ1v) is 6.96. The van der Waals surface area contributed by atoms with Crippen molar-refractivity contribution >= 4 is 15.9 Å². The quantitative estimate of drug-likeness (QED) is 0.808. The fraction of sp³-hybridized carbons (Fsp3) is 0.357. The molecule has 0 saturated heterocycles. The van der Waals surface area contributed by atoms with E-state index in [-0.39, 0.29) is 0 Å². The van der Waals surface area contributed by atoms with Crippen LogP contribution in [0.25, 0.3) is 11.3 Å². The molecule has 0 fully saturated rings. The molecule has 0 N–H and O–H groups in total. The van der Waals surface area contributed by atoms with Crippen LogP contribution in [0, 0.1) is 13.8 Å². The van der Waals surface area contributed by atoms with Crippen LogP contribution in [0.3, 0.4) is 0 Å². The molecule has 1 aromatic heterocycles. The van der Waals surface area contributed by atoms with Crippen molar-refractivity contribution in [2.24, 2.45) is 7.05 Å². The Balaban J connectivity index is 2.17. The average Bonchev–Trinajstić information content (AvgIpc) is 2.66. The van der Waals surface area contributed by atoms with Crippen molar-refractivity contribution in [1.82, 2.24) is 9.55 Å². The van der Waals surface area contributed by atoms with E-state index in [2.05, 4.69) is 27.8 Å². The van der Waals surface area contributed by atoms with Gasteiger partial charge >= 0.3 is 0 Å². The van der Waals surface area contributed by atoms with E-state index in [0.717, 1.165) is 38.7 Å². The molecule has 2 heterocycles. The van der Waals surface area contributed by atoms with Crippen molar-refractivity contribution in [3.63, 3.8) is 0 Å². The van der Waals surface area contributed by atoms with E-state index < -0.39 is 0 Å². The molecule has 4 nitrogen and oxygen atoms in total. The predicted octanol–water partition coefficient (Wildman–Crippen LogP) is 3.24. The molecule has 0 unspecified atom stereocenters. The van der Waals surface area contributed by atoms with Crippen molar-refractivity contribution in [3.8, 4) is 22.8 Å². The molecule has 0 saturated carbocycles. The lowest BCUT2D eigenvalue weighted by atomic mass is 10.0. The fourth-order valence-electron chi connectivity index (χ4n) is 2.20. The highest BCUT2D eigenvalue weighted by Crippen LogP contribution is 2.39. The number of hydrogen-bond acceptors (Lipinski definition) is 3. The van der Waals surface area contributed by atoms with Crippen molar-refractivity contribution < 1.29 is 9.47 Å². The summed E-state index contributed by atoms with van der Waals surface area (Å²) in [5, 5.41) is 0. The summed E-state index contributed by atoms with van der Waals surface area (Å²) in [6.07, 6.45) is 0. The third-order valence-corrected chi connectivity index (χ3v) is 4.30. The van der Waals surface area contributed by atoms with Crippen molar-refractivity contribution in [3.05, 3.63) is 28.1 Å². The van der Waals surface area contributed by atoms with Gasteiger partial charge < -0.3 is 14.0 Å². The molecular formula is C14H15BrN2O2. The highest BCUT2D eigenvalue weighted by Gasteiger charge is 2.19. The first-order chi connectivity index (χ1) is 9.08. The van der Waals surface area contributed by atoms with Crippen LogP contribution in [-0.2, 0) is 7.05 Å². The largest absolute Gasteiger partial charge is 0.486 e. The highest BCUT2D eigenvalue weighted by molar-refractivity contribution is 9.10. The summed E-state index contributed by atoms with van der Waals surface area (Å²) in [5.74, 6) is 2.58. The number of halogens is 1. The lowest BCUT2D eigenvalue weighted by Gasteiger charge is -2.20. The molecule has 0 radical (unpaired) electrons. The topological polar surface area (TPSA) is 36.3 Å². The second-order valence-electron chi connectivity index (χ2n) is 4.67. The summed E-state index contributed by atoms with van der Waals surface area (Å²) >= 11 is 3.60. The zero-order valence-corrected chi connectivity index (χ0v) is 12.7. The number of aryl methyl sites for hydroxylation is 2. The van der Waals surface area contributed by atoms with Gasteiger partial charge in [0.2, 0.25) is 0 Å². The van der Waals surface area contributed by atoms with Gasteiger partial charge in [-0.3, -0.25) is 0 Å². The SMILES string of the molecule is Cc1cc2c(cc1-c1nc(C)n(C)c1Br)OCCO2. The molecule has 0 spiro atoms. The Morgan fingerprint density at radius 1 is 1.16 bits per heavy atom. The summed E-state index contributed by atoms with van der Waals surface area (Å²) in [7, 11) is 1.99. The van der Waals surface area contributed by atoms with Gasteiger partial charge in [0.05, 0.1) is 0 Å². The van der Waals surface area contributed by atoms with Crippen LogP contribution in [-0.4, -0.2) is 22.8 Å². The Bertz CT molecular complexity index is 649. The molecule has 2 aromatic rings. The fourth-order valence-corrected chi connectivity index (χ4v) is 2.76. The molecule has 0 aliphatic carbocycles.